The molecule has 3 aromatic rings. The molecule has 2 aromatic carbocycles. The molecular weight excluding hydrogens is 430 g/mol. The molecule has 0 bridgehead atoms. The molecule has 1 amide bonds. The van der Waals surface area contributed by atoms with Gasteiger partial charge in [0.2, 0.25) is 0 Å². The maximum Gasteiger partial charge on any atom is 0.277 e. The first-order valence-corrected chi connectivity index (χ1v) is 8.85. The van der Waals surface area contributed by atoms with Gasteiger partial charge in [0.15, 0.2) is 6.61 Å². The number of furan rings is 1. The van der Waals surface area contributed by atoms with Gasteiger partial charge < -0.3 is 9.15 Å². The van der Waals surface area contributed by atoms with Gasteiger partial charge >= 0.3 is 0 Å². The van der Waals surface area contributed by atoms with Crippen LogP contribution in [0.15, 0.2) is 74.7 Å². The predicted molar refractivity (Wildman–Crippen MR) is 106 cm³/mol. The molecule has 0 aliphatic rings. The zero-order chi connectivity index (χ0) is 19.9. The van der Waals surface area contributed by atoms with Crippen LogP contribution in [0.1, 0.15) is 5.76 Å². The van der Waals surface area contributed by atoms with E-state index >= 15 is 0 Å². The minimum atomic E-state index is -0.465. The molecular formula is C19H14BrN3O5. The predicted octanol–water partition coefficient (Wildman–Crippen LogP) is 4.15. The third kappa shape index (κ3) is 5.27. The van der Waals surface area contributed by atoms with Crippen LogP contribution in [0, 0.1) is 10.1 Å². The minimum absolute atomic E-state index is 0.00452. The van der Waals surface area contributed by atoms with Crippen molar-refractivity contribution in [3.63, 3.8) is 0 Å². The van der Waals surface area contributed by atoms with Crippen molar-refractivity contribution in [1.82, 2.24) is 5.43 Å². The second-order valence-corrected chi connectivity index (χ2v) is 6.46. The highest BCUT2D eigenvalue weighted by atomic mass is 79.9. The Morgan fingerprint density at radius 2 is 2.00 bits per heavy atom. The van der Waals surface area contributed by atoms with E-state index in [1.165, 1.54) is 18.3 Å². The first-order valence-electron chi connectivity index (χ1n) is 8.06. The number of amides is 1. The summed E-state index contributed by atoms with van der Waals surface area (Å²) in [6.07, 6.45) is 1.35. The van der Waals surface area contributed by atoms with Crippen LogP contribution >= 0.6 is 15.9 Å². The molecule has 142 valence electrons. The number of carbonyl (C=O) groups is 1. The van der Waals surface area contributed by atoms with Crippen LogP contribution in [-0.4, -0.2) is 23.7 Å². The molecule has 0 saturated carbocycles. The van der Waals surface area contributed by atoms with E-state index in [1.54, 1.807) is 42.5 Å². The minimum Gasteiger partial charge on any atom is -0.484 e. The molecule has 0 fully saturated rings. The van der Waals surface area contributed by atoms with Crippen LogP contribution in [0.2, 0.25) is 0 Å². The fourth-order valence-electron chi connectivity index (χ4n) is 2.23. The van der Waals surface area contributed by atoms with E-state index in [-0.39, 0.29) is 12.3 Å². The fraction of sp³-hybridized carbons (Fsp3) is 0.0526. The molecule has 28 heavy (non-hydrogen) atoms. The summed E-state index contributed by atoms with van der Waals surface area (Å²) in [5.74, 6) is 1.09. The summed E-state index contributed by atoms with van der Waals surface area (Å²) in [4.78, 5) is 22.0. The average Bonchev–Trinajstić information content (AvgIpc) is 3.15. The van der Waals surface area contributed by atoms with Crippen molar-refractivity contribution in [2.24, 2.45) is 5.10 Å². The van der Waals surface area contributed by atoms with Gasteiger partial charge in [-0.15, -0.1) is 0 Å². The fourth-order valence-corrected chi connectivity index (χ4v) is 2.61. The largest absolute Gasteiger partial charge is 0.484 e. The van der Waals surface area contributed by atoms with Crippen molar-refractivity contribution >= 4 is 33.7 Å². The quantitative estimate of drug-likeness (QED) is 0.335. The molecule has 1 N–H and O–H groups in total. The lowest BCUT2D eigenvalue weighted by Gasteiger charge is -2.04. The van der Waals surface area contributed by atoms with Gasteiger partial charge in [-0.1, -0.05) is 22.0 Å². The number of rotatable bonds is 7. The van der Waals surface area contributed by atoms with E-state index in [4.69, 9.17) is 9.15 Å². The summed E-state index contributed by atoms with van der Waals surface area (Å²) in [7, 11) is 0. The van der Waals surface area contributed by atoms with E-state index in [2.05, 4.69) is 26.5 Å². The lowest BCUT2D eigenvalue weighted by Crippen LogP contribution is -2.24. The van der Waals surface area contributed by atoms with Gasteiger partial charge in [-0.25, -0.2) is 5.43 Å². The summed E-state index contributed by atoms with van der Waals surface area (Å²) >= 11 is 3.32. The second-order valence-electron chi connectivity index (χ2n) is 5.55. The van der Waals surface area contributed by atoms with E-state index in [9.17, 15) is 14.9 Å². The monoisotopic (exact) mass is 443 g/mol. The van der Waals surface area contributed by atoms with Crippen molar-refractivity contribution in [3.8, 4) is 17.1 Å². The number of benzene rings is 2. The summed E-state index contributed by atoms with van der Waals surface area (Å²) in [6.45, 7) is -0.181. The molecule has 0 atom stereocenters. The van der Waals surface area contributed by atoms with Gasteiger partial charge in [-0.3, -0.25) is 14.9 Å². The van der Waals surface area contributed by atoms with Crippen molar-refractivity contribution < 1.29 is 18.9 Å². The van der Waals surface area contributed by atoms with Crippen LogP contribution in [0.4, 0.5) is 5.69 Å². The molecule has 0 unspecified atom stereocenters. The van der Waals surface area contributed by atoms with E-state index in [0.717, 1.165) is 4.47 Å². The van der Waals surface area contributed by atoms with Gasteiger partial charge in [-0.2, -0.15) is 5.10 Å². The van der Waals surface area contributed by atoms with Crippen molar-refractivity contribution in [1.29, 1.82) is 0 Å². The summed E-state index contributed by atoms with van der Waals surface area (Å²) in [5.41, 5.74) is 3.04. The van der Waals surface area contributed by atoms with Gasteiger partial charge in [0.1, 0.15) is 17.3 Å². The van der Waals surface area contributed by atoms with Crippen LogP contribution in [0.3, 0.4) is 0 Å². The van der Waals surface area contributed by atoms with Gasteiger partial charge in [0, 0.05) is 22.2 Å². The number of hydrazone groups is 1. The van der Waals surface area contributed by atoms with Crippen LogP contribution in [0.25, 0.3) is 11.3 Å². The Balaban J connectivity index is 1.52. The van der Waals surface area contributed by atoms with Crippen molar-refractivity contribution in [2.75, 3.05) is 6.61 Å². The molecule has 1 heterocycles. The molecule has 0 aliphatic carbocycles. The lowest BCUT2D eigenvalue weighted by atomic mass is 10.1. The van der Waals surface area contributed by atoms with Gasteiger partial charge in [0.05, 0.1) is 11.1 Å². The van der Waals surface area contributed by atoms with E-state index in [0.29, 0.717) is 22.8 Å². The topological polar surface area (TPSA) is 107 Å². The average molecular weight is 444 g/mol. The molecule has 1 aromatic heterocycles. The van der Waals surface area contributed by atoms with Crippen LogP contribution < -0.4 is 10.2 Å². The number of hydrogen-bond acceptors (Lipinski definition) is 6. The van der Waals surface area contributed by atoms with Crippen molar-refractivity contribution in [2.45, 2.75) is 0 Å². The number of ether oxygens (including phenoxy) is 1. The van der Waals surface area contributed by atoms with Gasteiger partial charge in [0.25, 0.3) is 11.6 Å². The number of hydrogen-bond donors (Lipinski definition) is 1. The number of halogens is 1. The highest BCUT2D eigenvalue weighted by molar-refractivity contribution is 9.10. The Morgan fingerprint density at radius 3 is 2.71 bits per heavy atom. The summed E-state index contributed by atoms with van der Waals surface area (Å²) in [5, 5.41) is 14.5. The maximum atomic E-state index is 11.8. The molecule has 0 spiro atoms. The highest BCUT2D eigenvalue weighted by Gasteiger charge is 2.08. The first-order chi connectivity index (χ1) is 13.5. The van der Waals surface area contributed by atoms with Gasteiger partial charge in [-0.05, 0) is 42.5 Å². The number of carbonyl (C=O) groups excluding carboxylic acids is 1. The SMILES string of the molecule is O=C(COc1cccc(Br)c1)N/N=C\c1ccc(-c2ccc([N+](=O)[O-])cc2)o1. The van der Waals surface area contributed by atoms with E-state index < -0.39 is 10.8 Å². The number of non-ortho nitro benzene ring substituents is 1. The van der Waals surface area contributed by atoms with E-state index in [1.807, 2.05) is 6.07 Å². The van der Waals surface area contributed by atoms with Crippen LogP contribution in [-0.2, 0) is 4.79 Å². The normalized spacial score (nSPS) is 10.8. The number of nitrogens with zero attached hydrogens (tertiary/aromatic N) is 2. The maximum absolute atomic E-state index is 11.8. The Labute approximate surface area is 168 Å². The number of nitrogens with one attached hydrogen (secondary N) is 1. The molecule has 0 radical (unpaired) electrons. The Morgan fingerprint density at radius 1 is 1.21 bits per heavy atom. The third-order valence-corrected chi connectivity index (χ3v) is 4.03. The first kappa shape index (κ1) is 19.3. The number of nitro groups is 1. The molecule has 0 saturated heterocycles. The lowest BCUT2D eigenvalue weighted by molar-refractivity contribution is -0.384. The Bertz CT molecular complexity index is 1010. The smallest absolute Gasteiger partial charge is 0.277 e. The summed E-state index contributed by atoms with van der Waals surface area (Å²) < 4.78 is 11.8. The number of nitro benzene ring substituents is 1. The molecule has 9 heteroatoms. The summed E-state index contributed by atoms with van der Waals surface area (Å²) in [6, 6.07) is 16.5. The second kappa shape index (κ2) is 8.96. The molecule has 3 rings (SSSR count). The van der Waals surface area contributed by atoms with Crippen LogP contribution in [0.5, 0.6) is 5.75 Å². The standard InChI is InChI=1S/C19H14BrN3O5/c20-14-2-1-3-16(10-14)27-12-19(24)22-21-11-17-8-9-18(28-17)13-4-6-15(7-5-13)23(25)26/h1-11H,12H2,(H,22,24)/b21-11-. The molecule has 8 nitrogen and oxygen atoms in total. The Hall–Kier alpha value is -3.46. The zero-order valence-corrected chi connectivity index (χ0v) is 16.0. The Kier molecular flexibility index (Phi) is 6.18. The van der Waals surface area contributed by atoms with Crippen molar-refractivity contribution in [3.05, 3.63) is 81.0 Å². The molecule has 0 aliphatic heterocycles. The third-order valence-electron chi connectivity index (χ3n) is 3.54. The highest BCUT2D eigenvalue weighted by Crippen LogP contribution is 2.24. The zero-order valence-electron chi connectivity index (χ0n) is 14.4.